The first kappa shape index (κ1) is 25.7. The Labute approximate surface area is 213 Å². The van der Waals surface area contributed by atoms with E-state index in [1.54, 1.807) is 26.8 Å². The van der Waals surface area contributed by atoms with Gasteiger partial charge in [-0.1, -0.05) is 0 Å². The van der Waals surface area contributed by atoms with Crippen LogP contribution in [-0.2, 0) is 4.74 Å². The van der Waals surface area contributed by atoms with E-state index in [-0.39, 0.29) is 29.2 Å². The summed E-state index contributed by atoms with van der Waals surface area (Å²) < 4.78 is 31.2. The summed E-state index contributed by atoms with van der Waals surface area (Å²) in [7, 11) is 1.44. The van der Waals surface area contributed by atoms with Crippen molar-refractivity contribution in [2.45, 2.75) is 39.2 Å². The van der Waals surface area contributed by atoms with E-state index in [9.17, 15) is 9.18 Å². The van der Waals surface area contributed by atoms with Gasteiger partial charge in [0, 0.05) is 30.2 Å². The molecular formula is C25H28FN7O4. The summed E-state index contributed by atoms with van der Waals surface area (Å²) in [5.74, 6) is 0.839. The third-order valence-electron chi connectivity index (χ3n) is 5.62. The first-order chi connectivity index (χ1) is 17.6. The second-order valence-corrected chi connectivity index (χ2v) is 9.82. The van der Waals surface area contributed by atoms with E-state index in [1.807, 2.05) is 6.07 Å². The Morgan fingerprint density at radius 1 is 1.19 bits per heavy atom. The topological polar surface area (TPSA) is 147 Å². The fourth-order valence-electron chi connectivity index (χ4n) is 3.55. The number of aromatic nitrogens is 4. The monoisotopic (exact) mass is 509 g/mol. The maximum Gasteiger partial charge on any atom is 0.407 e. The highest BCUT2D eigenvalue weighted by Crippen LogP contribution is 2.47. The number of rotatable bonds is 9. The van der Waals surface area contributed by atoms with Crippen LogP contribution < -0.4 is 20.1 Å². The quantitative estimate of drug-likeness (QED) is 0.384. The van der Waals surface area contributed by atoms with Crippen LogP contribution in [0.15, 0.2) is 30.6 Å². The Morgan fingerprint density at radius 3 is 2.57 bits per heavy atom. The van der Waals surface area contributed by atoms with Gasteiger partial charge in [-0.2, -0.15) is 10.4 Å². The predicted octanol–water partition coefficient (Wildman–Crippen LogP) is 4.31. The summed E-state index contributed by atoms with van der Waals surface area (Å²) in [6.45, 7) is 6.05. The van der Waals surface area contributed by atoms with E-state index < -0.39 is 17.5 Å². The summed E-state index contributed by atoms with van der Waals surface area (Å²) in [6.07, 6.45) is 3.98. The molecule has 0 radical (unpaired) electrons. The SMILES string of the molecule is COc1cc(F)cc(OCC2(CNC(=O)OC(C)(C)C)CC2)c1-c1cc(Nc2cnc(C#N)cn2)n[nH]1. The number of H-pyrrole nitrogens is 1. The van der Waals surface area contributed by atoms with Crippen LogP contribution in [0.4, 0.5) is 20.8 Å². The molecule has 0 saturated heterocycles. The molecule has 0 unspecified atom stereocenters. The van der Waals surface area contributed by atoms with E-state index in [0.717, 1.165) is 12.8 Å². The third-order valence-corrected chi connectivity index (χ3v) is 5.62. The Hall–Kier alpha value is -4.40. The number of amides is 1. The number of ether oxygens (including phenoxy) is 3. The molecule has 1 aliphatic rings. The van der Waals surface area contributed by atoms with Crippen molar-refractivity contribution in [1.29, 1.82) is 5.26 Å². The first-order valence-electron chi connectivity index (χ1n) is 11.6. The number of hydrogen-bond acceptors (Lipinski definition) is 9. The highest BCUT2D eigenvalue weighted by Gasteiger charge is 2.44. The minimum Gasteiger partial charge on any atom is -0.496 e. The van der Waals surface area contributed by atoms with Crippen LogP contribution >= 0.6 is 0 Å². The molecule has 2 aromatic heterocycles. The van der Waals surface area contributed by atoms with Gasteiger partial charge < -0.3 is 24.8 Å². The van der Waals surface area contributed by atoms with E-state index in [2.05, 4.69) is 30.8 Å². The van der Waals surface area contributed by atoms with Gasteiger partial charge in [-0.15, -0.1) is 0 Å². The van der Waals surface area contributed by atoms with Crippen molar-refractivity contribution in [2.75, 3.05) is 25.6 Å². The van der Waals surface area contributed by atoms with E-state index in [4.69, 9.17) is 19.5 Å². The normalized spacial score (nSPS) is 13.8. The number of nitrogens with one attached hydrogen (secondary N) is 3. The number of nitriles is 1. The zero-order chi connectivity index (χ0) is 26.6. The molecule has 12 heteroatoms. The van der Waals surface area contributed by atoms with Crippen LogP contribution in [0.5, 0.6) is 11.5 Å². The van der Waals surface area contributed by atoms with Crippen LogP contribution in [-0.4, -0.2) is 52.1 Å². The second kappa shape index (κ2) is 10.3. The molecule has 3 N–H and O–H groups in total. The van der Waals surface area contributed by atoms with Gasteiger partial charge in [-0.25, -0.2) is 19.2 Å². The van der Waals surface area contributed by atoms with E-state index in [1.165, 1.54) is 31.6 Å². The molecule has 37 heavy (non-hydrogen) atoms. The lowest BCUT2D eigenvalue weighted by Crippen LogP contribution is -2.37. The first-order valence-corrected chi connectivity index (χ1v) is 11.6. The number of hydrogen-bond donors (Lipinski definition) is 3. The summed E-state index contributed by atoms with van der Waals surface area (Å²) in [5.41, 5.74) is 0.358. The van der Waals surface area contributed by atoms with Gasteiger partial charge in [0.05, 0.1) is 37.4 Å². The van der Waals surface area contributed by atoms with Gasteiger partial charge in [0.25, 0.3) is 0 Å². The largest absolute Gasteiger partial charge is 0.496 e. The predicted molar refractivity (Wildman–Crippen MR) is 132 cm³/mol. The number of anilines is 2. The van der Waals surface area contributed by atoms with Crippen molar-refractivity contribution < 1.29 is 23.4 Å². The molecule has 1 amide bonds. The summed E-state index contributed by atoms with van der Waals surface area (Å²) >= 11 is 0. The molecule has 3 aromatic rings. The summed E-state index contributed by atoms with van der Waals surface area (Å²) in [6, 6.07) is 6.15. The lowest BCUT2D eigenvalue weighted by atomic mass is 10.1. The fourth-order valence-corrected chi connectivity index (χ4v) is 3.55. The van der Waals surface area contributed by atoms with Crippen molar-refractivity contribution in [2.24, 2.45) is 5.41 Å². The molecule has 0 aliphatic heterocycles. The average Bonchev–Trinajstić information content (AvgIpc) is 3.49. The third kappa shape index (κ3) is 6.63. The van der Waals surface area contributed by atoms with Crippen LogP contribution in [0.1, 0.15) is 39.3 Å². The van der Waals surface area contributed by atoms with Crippen LogP contribution in [0.3, 0.4) is 0 Å². The minimum absolute atomic E-state index is 0.195. The number of alkyl carbamates (subject to hydrolysis) is 1. The number of benzene rings is 1. The lowest BCUT2D eigenvalue weighted by molar-refractivity contribution is 0.0509. The molecule has 1 aliphatic carbocycles. The zero-order valence-electron chi connectivity index (χ0n) is 21.0. The van der Waals surface area contributed by atoms with Crippen molar-refractivity contribution in [1.82, 2.24) is 25.5 Å². The minimum atomic E-state index is -0.589. The van der Waals surface area contributed by atoms with Gasteiger partial charge in [0.1, 0.15) is 34.8 Å². The number of aromatic amines is 1. The van der Waals surface area contributed by atoms with Crippen LogP contribution in [0.25, 0.3) is 11.3 Å². The van der Waals surface area contributed by atoms with Crippen molar-refractivity contribution >= 4 is 17.7 Å². The molecule has 1 fully saturated rings. The highest BCUT2D eigenvalue weighted by molar-refractivity contribution is 5.76. The molecular weight excluding hydrogens is 481 g/mol. The Morgan fingerprint density at radius 2 is 1.95 bits per heavy atom. The molecule has 11 nitrogen and oxygen atoms in total. The number of methoxy groups -OCH3 is 1. The van der Waals surface area contributed by atoms with Crippen molar-refractivity contribution in [3.05, 3.63) is 42.1 Å². The Kier molecular flexibility index (Phi) is 7.15. The van der Waals surface area contributed by atoms with Gasteiger partial charge in [0.15, 0.2) is 11.5 Å². The molecule has 0 spiro atoms. The molecule has 1 aromatic carbocycles. The molecule has 0 atom stereocenters. The summed E-state index contributed by atoms with van der Waals surface area (Å²) in [4.78, 5) is 20.1. The maximum atomic E-state index is 14.4. The molecule has 194 valence electrons. The van der Waals surface area contributed by atoms with E-state index in [0.29, 0.717) is 29.4 Å². The Balaban J connectivity index is 1.49. The number of halogens is 1. The number of nitrogens with zero attached hydrogens (tertiary/aromatic N) is 4. The van der Waals surface area contributed by atoms with Gasteiger partial charge >= 0.3 is 6.09 Å². The molecule has 1 saturated carbocycles. The Bertz CT molecular complexity index is 1310. The van der Waals surface area contributed by atoms with E-state index >= 15 is 0 Å². The maximum absolute atomic E-state index is 14.4. The molecule has 0 bridgehead atoms. The average molecular weight is 510 g/mol. The smallest absolute Gasteiger partial charge is 0.407 e. The van der Waals surface area contributed by atoms with Crippen molar-refractivity contribution in [3.8, 4) is 28.8 Å². The van der Waals surface area contributed by atoms with Gasteiger partial charge in [-0.05, 0) is 33.6 Å². The standard InChI is InChI=1S/C25H28FN7O4/c1-24(2,3)37-23(34)30-13-25(5-6-25)14-36-19-8-15(26)7-18(35-4)22(19)17-9-20(33-32-17)31-21-12-28-16(10-27)11-29-21/h7-9,11-12H,5-6,13-14H2,1-4H3,(H,30,34)(H2,29,31,32,33). The highest BCUT2D eigenvalue weighted by atomic mass is 19.1. The number of carbonyl (C=O) groups excluding carboxylic acids is 1. The van der Waals surface area contributed by atoms with Crippen LogP contribution in [0.2, 0.25) is 0 Å². The fraction of sp³-hybridized carbons (Fsp3) is 0.400. The van der Waals surface area contributed by atoms with Gasteiger partial charge in [-0.3, -0.25) is 5.10 Å². The van der Waals surface area contributed by atoms with Crippen LogP contribution in [0, 0.1) is 22.6 Å². The van der Waals surface area contributed by atoms with Gasteiger partial charge in [0.2, 0.25) is 0 Å². The lowest BCUT2D eigenvalue weighted by Gasteiger charge is -2.22. The van der Waals surface area contributed by atoms with Crippen molar-refractivity contribution in [3.63, 3.8) is 0 Å². The number of carbonyl (C=O) groups is 1. The second-order valence-electron chi connectivity index (χ2n) is 9.82. The zero-order valence-corrected chi connectivity index (χ0v) is 21.0. The molecule has 4 rings (SSSR count). The summed E-state index contributed by atoms with van der Waals surface area (Å²) in [5, 5.41) is 21.8. The molecule has 2 heterocycles.